The molecule has 1 aromatic carbocycles. The quantitative estimate of drug-likeness (QED) is 0.442. The molecule has 1 saturated heterocycles. The van der Waals surface area contributed by atoms with Gasteiger partial charge in [-0.15, -0.1) is 0 Å². The number of hydrogen-bond acceptors (Lipinski definition) is 6. The first-order valence-electron chi connectivity index (χ1n) is 8.17. The number of esters is 1. The van der Waals surface area contributed by atoms with Gasteiger partial charge in [-0.3, -0.25) is 9.69 Å². The molecule has 6 nitrogen and oxygen atoms in total. The van der Waals surface area contributed by atoms with Crippen molar-refractivity contribution in [2.45, 2.75) is 45.4 Å². The Bertz CT molecular complexity index is 590. The molecule has 1 heterocycles. The van der Waals surface area contributed by atoms with Gasteiger partial charge in [0.2, 0.25) is 6.10 Å². The minimum Gasteiger partial charge on any atom is -0.477 e. The minimum atomic E-state index is -1.43. The topological polar surface area (TPSA) is 75.8 Å². The van der Waals surface area contributed by atoms with E-state index in [1.54, 1.807) is 31.2 Å². The zero-order valence-electron chi connectivity index (χ0n) is 14.6. The van der Waals surface area contributed by atoms with E-state index in [9.17, 15) is 14.7 Å². The summed E-state index contributed by atoms with van der Waals surface area (Å²) in [6.07, 6.45) is -0.703. The Morgan fingerprint density at radius 2 is 1.92 bits per heavy atom. The van der Waals surface area contributed by atoms with Crippen LogP contribution in [-0.4, -0.2) is 59.2 Å². The summed E-state index contributed by atoms with van der Waals surface area (Å²) in [4.78, 5) is 26.2. The highest BCUT2D eigenvalue weighted by Gasteiger charge is 2.35. The number of rotatable bonds is 8. The van der Waals surface area contributed by atoms with Crippen molar-refractivity contribution < 1.29 is 24.2 Å². The summed E-state index contributed by atoms with van der Waals surface area (Å²) < 4.78 is 10.8. The van der Waals surface area contributed by atoms with E-state index < -0.39 is 17.7 Å². The second-order valence-corrected chi connectivity index (χ2v) is 6.57. The number of carbonyl (C=O) groups is 2. The van der Waals surface area contributed by atoms with Crippen LogP contribution in [0.3, 0.4) is 0 Å². The van der Waals surface area contributed by atoms with Crippen LogP contribution in [0.2, 0.25) is 0 Å². The van der Waals surface area contributed by atoms with Crippen molar-refractivity contribution in [2.24, 2.45) is 0 Å². The van der Waals surface area contributed by atoms with Gasteiger partial charge < -0.3 is 14.6 Å². The standard InChI is InChI=1S/C18H25NO5/c1-5-23-17(21)15(11-19-10-12(19)2)24-14-8-6-13(7-9-14)16(20)18(3,4)22/h6-9,12,15,22H,5,10-11H2,1-4H3. The number of hydrogen-bond donors (Lipinski definition) is 1. The molecular formula is C18H25NO5. The maximum Gasteiger partial charge on any atom is 0.348 e. The van der Waals surface area contributed by atoms with E-state index in [0.717, 1.165) is 6.54 Å². The highest BCUT2D eigenvalue weighted by Crippen LogP contribution is 2.21. The molecule has 3 atom stereocenters. The van der Waals surface area contributed by atoms with Crippen molar-refractivity contribution in [1.82, 2.24) is 4.90 Å². The molecule has 1 N–H and O–H groups in total. The van der Waals surface area contributed by atoms with E-state index in [1.807, 2.05) is 0 Å². The van der Waals surface area contributed by atoms with Crippen molar-refractivity contribution >= 4 is 11.8 Å². The second-order valence-electron chi connectivity index (χ2n) is 6.57. The third-order valence-electron chi connectivity index (χ3n) is 3.89. The number of carbonyl (C=O) groups excluding carboxylic acids is 2. The molecule has 0 radical (unpaired) electrons. The van der Waals surface area contributed by atoms with Gasteiger partial charge in [0, 0.05) is 24.7 Å². The zero-order valence-corrected chi connectivity index (χ0v) is 14.6. The van der Waals surface area contributed by atoms with Crippen molar-refractivity contribution in [1.29, 1.82) is 0 Å². The summed E-state index contributed by atoms with van der Waals surface area (Å²) >= 11 is 0. The van der Waals surface area contributed by atoms with Gasteiger partial charge in [-0.05, 0) is 52.0 Å². The van der Waals surface area contributed by atoms with Crippen LogP contribution >= 0.6 is 0 Å². The van der Waals surface area contributed by atoms with Gasteiger partial charge in [-0.1, -0.05) is 0 Å². The molecular weight excluding hydrogens is 310 g/mol. The summed E-state index contributed by atoms with van der Waals surface area (Å²) in [5.41, 5.74) is -1.03. The van der Waals surface area contributed by atoms with Crippen LogP contribution in [0.25, 0.3) is 0 Å². The van der Waals surface area contributed by atoms with E-state index in [0.29, 0.717) is 30.5 Å². The maximum absolute atomic E-state index is 12.1. The predicted molar refractivity (Wildman–Crippen MR) is 89.2 cm³/mol. The monoisotopic (exact) mass is 335 g/mol. The van der Waals surface area contributed by atoms with Crippen LogP contribution in [0.15, 0.2) is 24.3 Å². The van der Waals surface area contributed by atoms with Crippen LogP contribution in [0, 0.1) is 0 Å². The molecule has 1 aliphatic rings. The number of aliphatic hydroxyl groups is 1. The van der Waals surface area contributed by atoms with E-state index in [2.05, 4.69) is 11.8 Å². The van der Waals surface area contributed by atoms with Gasteiger partial charge in [-0.2, -0.15) is 0 Å². The van der Waals surface area contributed by atoms with Crippen LogP contribution in [0.5, 0.6) is 5.75 Å². The SMILES string of the molecule is CCOC(=O)C(CN1CC1C)Oc1ccc(C(=O)C(C)(C)O)cc1. The Balaban J connectivity index is 2.05. The fourth-order valence-electron chi connectivity index (χ4n) is 2.36. The van der Waals surface area contributed by atoms with Gasteiger partial charge in [0.05, 0.1) is 6.61 Å². The summed E-state index contributed by atoms with van der Waals surface area (Å²) in [6, 6.07) is 6.86. The lowest BCUT2D eigenvalue weighted by molar-refractivity contribution is -0.151. The molecule has 132 valence electrons. The van der Waals surface area contributed by atoms with Gasteiger partial charge >= 0.3 is 5.97 Å². The molecule has 1 aliphatic heterocycles. The zero-order chi connectivity index (χ0) is 17.9. The molecule has 1 fully saturated rings. The summed E-state index contributed by atoms with van der Waals surface area (Å²) in [6.45, 7) is 8.45. The number of ketones is 1. The average Bonchev–Trinajstić information content (AvgIpc) is 3.21. The number of benzene rings is 1. The van der Waals surface area contributed by atoms with Gasteiger partial charge in [0.25, 0.3) is 0 Å². The molecule has 6 heteroatoms. The van der Waals surface area contributed by atoms with Crippen molar-refractivity contribution in [3.05, 3.63) is 29.8 Å². The van der Waals surface area contributed by atoms with Crippen molar-refractivity contribution in [3.8, 4) is 5.75 Å². The molecule has 0 spiro atoms. The molecule has 0 aliphatic carbocycles. The van der Waals surface area contributed by atoms with Gasteiger partial charge in [0.1, 0.15) is 11.4 Å². The highest BCUT2D eigenvalue weighted by atomic mass is 16.6. The lowest BCUT2D eigenvalue weighted by atomic mass is 9.97. The maximum atomic E-state index is 12.1. The number of Topliss-reactive ketones (excluding diaryl/α,β-unsaturated/α-hetero) is 1. The molecule has 0 bridgehead atoms. The van der Waals surface area contributed by atoms with E-state index >= 15 is 0 Å². The molecule has 1 aromatic rings. The summed E-state index contributed by atoms with van der Waals surface area (Å²) in [5.74, 6) is -0.281. The fraction of sp³-hybridized carbons (Fsp3) is 0.556. The second kappa shape index (κ2) is 7.32. The molecule has 2 rings (SSSR count). The molecule has 0 amide bonds. The Kier molecular flexibility index (Phi) is 5.62. The van der Waals surface area contributed by atoms with E-state index in [-0.39, 0.29) is 5.78 Å². The predicted octanol–water partition coefficient (Wildman–Crippen LogP) is 1.65. The van der Waals surface area contributed by atoms with Crippen LogP contribution in [0.1, 0.15) is 38.1 Å². The Morgan fingerprint density at radius 3 is 2.38 bits per heavy atom. The van der Waals surface area contributed by atoms with Crippen LogP contribution < -0.4 is 4.74 Å². The first kappa shape index (κ1) is 18.4. The van der Waals surface area contributed by atoms with E-state index in [1.165, 1.54) is 13.8 Å². The normalized spacial score (nSPS) is 21.0. The smallest absolute Gasteiger partial charge is 0.348 e. The summed E-state index contributed by atoms with van der Waals surface area (Å²) in [7, 11) is 0. The van der Waals surface area contributed by atoms with Gasteiger partial charge in [-0.25, -0.2) is 4.79 Å². The molecule has 24 heavy (non-hydrogen) atoms. The third-order valence-corrected chi connectivity index (χ3v) is 3.89. The average molecular weight is 335 g/mol. The lowest BCUT2D eigenvalue weighted by Gasteiger charge is -2.19. The Morgan fingerprint density at radius 1 is 1.33 bits per heavy atom. The molecule has 0 aromatic heterocycles. The third kappa shape index (κ3) is 4.79. The van der Waals surface area contributed by atoms with Gasteiger partial charge in [0.15, 0.2) is 5.78 Å². The van der Waals surface area contributed by atoms with Crippen molar-refractivity contribution in [3.63, 3.8) is 0 Å². The first-order valence-corrected chi connectivity index (χ1v) is 8.17. The minimum absolute atomic E-state index is 0.299. The Labute approximate surface area is 142 Å². The largest absolute Gasteiger partial charge is 0.477 e. The molecule has 0 saturated carbocycles. The Hall–Kier alpha value is -1.92. The summed E-state index contributed by atoms with van der Waals surface area (Å²) in [5, 5.41) is 9.77. The molecule has 3 unspecified atom stereocenters. The van der Waals surface area contributed by atoms with Crippen LogP contribution in [0.4, 0.5) is 0 Å². The van der Waals surface area contributed by atoms with Crippen molar-refractivity contribution in [2.75, 3.05) is 19.7 Å². The fourth-order valence-corrected chi connectivity index (χ4v) is 2.36. The highest BCUT2D eigenvalue weighted by molar-refractivity contribution is 6.01. The number of ether oxygens (including phenoxy) is 2. The van der Waals surface area contributed by atoms with E-state index in [4.69, 9.17) is 9.47 Å². The lowest BCUT2D eigenvalue weighted by Crippen LogP contribution is -2.36. The number of nitrogens with zero attached hydrogens (tertiary/aromatic N) is 1. The van der Waals surface area contributed by atoms with Crippen LogP contribution in [-0.2, 0) is 9.53 Å². The first-order chi connectivity index (χ1) is 11.2.